The van der Waals surface area contributed by atoms with Crippen molar-refractivity contribution in [3.63, 3.8) is 0 Å². The van der Waals surface area contributed by atoms with Crippen molar-refractivity contribution in [1.82, 2.24) is 19.6 Å². The van der Waals surface area contributed by atoms with E-state index in [1.54, 1.807) is 4.31 Å². The van der Waals surface area contributed by atoms with Gasteiger partial charge in [-0.15, -0.1) is 0 Å². The SMILES string of the molecule is Cc1nc(CCNC2CCN(S(C)(=O)=O)CC2)nc2c1CCCC2. The van der Waals surface area contributed by atoms with E-state index >= 15 is 0 Å². The zero-order chi connectivity index (χ0) is 17.2. The predicted octanol–water partition coefficient (Wildman–Crippen LogP) is 1.22. The molecule has 1 aromatic rings. The molecule has 0 radical (unpaired) electrons. The van der Waals surface area contributed by atoms with Gasteiger partial charge in [0.05, 0.1) is 6.26 Å². The number of nitrogens with one attached hydrogen (secondary N) is 1. The van der Waals surface area contributed by atoms with E-state index in [1.807, 2.05) is 0 Å². The molecule has 1 aliphatic heterocycles. The van der Waals surface area contributed by atoms with E-state index < -0.39 is 10.0 Å². The van der Waals surface area contributed by atoms with Crippen LogP contribution in [-0.4, -0.2) is 54.6 Å². The molecule has 1 aromatic heterocycles. The van der Waals surface area contributed by atoms with Crippen molar-refractivity contribution in [3.8, 4) is 0 Å². The summed E-state index contributed by atoms with van der Waals surface area (Å²) in [7, 11) is -3.04. The molecule has 6 nitrogen and oxygen atoms in total. The average Bonchev–Trinajstić information content (AvgIpc) is 2.55. The second-order valence-electron chi connectivity index (χ2n) is 7.00. The number of sulfonamides is 1. The van der Waals surface area contributed by atoms with Crippen LogP contribution < -0.4 is 5.32 Å². The highest BCUT2D eigenvalue weighted by atomic mass is 32.2. The van der Waals surface area contributed by atoms with Gasteiger partial charge in [-0.2, -0.15) is 0 Å². The van der Waals surface area contributed by atoms with Crippen LogP contribution in [0.15, 0.2) is 0 Å². The minimum absolute atomic E-state index is 0.390. The van der Waals surface area contributed by atoms with Gasteiger partial charge in [-0.3, -0.25) is 0 Å². The molecule has 7 heteroatoms. The maximum atomic E-state index is 11.5. The Kier molecular flexibility index (Phi) is 5.52. The van der Waals surface area contributed by atoms with Crippen LogP contribution >= 0.6 is 0 Å². The standard InChI is InChI=1S/C17H28N4O2S/c1-13-15-5-3-4-6-16(15)20-17(19-13)7-10-18-14-8-11-21(12-9-14)24(2,22)23/h14,18H,3-12H2,1-2H3. The minimum Gasteiger partial charge on any atom is -0.313 e. The summed E-state index contributed by atoms with van der Waals surface area (Å²) >= 11 is 0. The van der Waals surface area contributed by atoms with Crippen LogP contribution in [0.25, 0.3) is 0 Å². The lowest BCUT2D eigenvalue weighted by atomic mass is 9.95. The number of fused-ring (bicyclic) bond motifs is 1. The van der Waals surface area contributed by atoms with Gasteiger partial charge in [0.15, 0.2) is 0 Å². The summed E-state index contributed by atoms with van der Waals surface area (Å²) in [6.45, 7) is 4.18. The summed E-state index contributed by atoms with van der Waals surface area (Å²) in [5, 5.41) is 3.54. The smallest absolute Gasteiger partial charge is 0.211 e. The van der Waals surface area contributed by atoms with Crippen molar-refractivity contribution >= 4 is 10.0 Å². The third-order valence-electron chi connectivity index (χ3n) is 5.14. The van der Waals surface area contributed by atoms with E-state index in [0.29, 0.717) is 19.1 Å². The number of aromatic nitrogens is 2. The Morgan fingerprint density at radius 3 is 2.58 bits per heavy atom. The third kappa shape index (κ3) is 4.32. The van der Waals surface area contributed by atoms with Gasteiger partial charge in [0.2, 0.25) is 10.0 Å². The minimum atomic E-state index is -3.04. The predicted molar refractivity (Wildman–Crippen MR) is 94.6 cm³/mol. The molecule has 0 amide bonds. The van der Waals surface area contributed by atoms with Crippen molar-refractivity contribution in [3.05, 3.63) is 22.8 Å². The van der Waals surface area contributed by atoms with E-state index in [0.717, 1.165) is 50.2 Å². The Labute approximate surface area is 145 Å². The van der Waals surface area contributed by atoms with Crippen molar-refractivity contribution in [2.24, 2.45) is 0 Å². The Morgan fingerprint density at radius 2 is 1.88 bits per heavy atom. The lowest BCUT2D eigenvalue weighted by Crippen LogP contribution is -2.45. The molecule has 2 aliphatic rings. The maximum absolute atomic E-state index is 11.5. The number of nitrogens with zero attached hydrogens (tertiary/aromatic N) is 3. The molecule has 1 N–H and O–H groups in total. The molecule has 2 heterocycles. The zero-order valence-corrected chi connectivity index (χ0v) is 15.5. The first-order valence-electron chi connectivity index (χ1n) is 8.97. The number of hydrogen-bond acceptors (Lipinski definition) is 5. The molecule has 0 aromatic carbocycles. The molecule has 0 saturated carbocycles. The second-order valence-corrected chi connectivity index (χ2v) is 8.98. The lowest BCUT2D eigenvalue weighted by Gasteiger charge is -2.30. The molecule has 24 heavy (non-hydrogen) atoms. The highest BCUT2D eigenvalue weighted by Gasteiger charge is 2.24. The van der Waals surface area contributed by atoms with Crippen LogP contribution in [0.5, 0.6) is 0 Å². The van der Waals surface area contributed by atoms with Gasteiger partial charge < -0.3 is 5.32 Å². The van der Waals surface area contributed by atoms with Gasteiger partial charge in [-0.1, -0.05) is 0 Å². The molecule has 0 atom stereocenters. The molecule has 1 saturated heterocycles. The van der Waals surface area contributed by atoms with Crippen LogP contribution in [0.3, 0.4) is 0 Å². The van der Waals surface area contributed by atoms with E-state index in [4.69, 9.17) is 4.98 Å². The van der Waals surface area contributed by atoms with Gasteiger partial charge in [0.25, 0.3) is 0 Å². The summed E-state index contributed by atoms with van der Waals surface area (Å²) in [6.07, 6.45) is 8.57. The molecule has 0 bridgehead atoms. The summed E-state index contributed by atoms with van der Waals surface area (Å²) in [5.74, 6) is 0.939. The van der Waals surface area contributed by atoms with E-state index in [1.165, 1.54) is 30.4 Å². The van der Waals surface area contributed by atoms with Gasteiger partial charge in [-0.25, -0.2) is 22.7 Å². The average molecular weight is 353 g/mol. The molecular weight excluding hydrogens is 324 g/mol. The Morgan fingerprint density at radius 1 is 1.17 bits per heavy atom. The maximum Gasteiger partial charge on any atom is 0.211 e. The first-order valence-corrected chi connectivity index (χ1v) is 10.8. The van der Waals surface area contributed by atoms with Crippen LogP contribution in [0.1, 0.15) is 48.5 Å². The number of hydrogen-bond donors (Lipinski definition) is 1. The van der Waals surface area contributed by atoms with Crippen molar-refractivity contribution in [2.45, 2.75) is 57.9 Å². The summed E-state index contributed by atoms with van der Waals surface area (Å²) in [4.78, 5) is 9.44. The fourth-order valence-corrected chi connectivity index (χ4v) is 4.61. The van der Waals surface area contributed by atoms with E-state index in [2.05, 4.69) is 17.2 Å². The quantitative estimate of drug-likeness (QED) is 0.862. The Balaban J connectivity index is 1.48. The highest BCUT2D eigenvalue weighted by Crippen LogP contribution is 2.21. The molecular formula is C17H28N4O2S. The van der Waals surface area contributed by atoms with Crippen LogP contribution in [-0.2, 0) is 29.3 Å². The third-order valence-corrected chi connectivity index (χ3v) is 6.44. The fourth-order valence-electron chi connectivity index (χ4n) is 3.74. The van der Waals surface area contributed by atoms with Gasteiger partial charge in [-0.05, 0) is 51.0 Å². The highest BCUT2D eigenvalue weighted by molar-refractivity contribution is 7.88. The number of aryl methyl sites for hydroxylation is 2. The Hall–Kier alpha value is -1.05. The first-order chi connectivity index (χ1) is 11.4. The monoisotopic (exact) mass is 352 g/mol. The van der Waals surface area contributed by atoms with Crippen molar-refractivity contribution < 1.29 is 8.42 Å². The summed E-state index contributed by atoms with van der Waals surface area (Å²) in [5.41, 5.74) is 3.77. The van der Waals surface area contributed by atoms with Gasteiger partial charge in [0, 0.05) is 43.5 Å². The lowest BCUT2D eigenvalue weighted by molar-refractivity contribution is 0.291. The van der Waals surface area contributed by atoms with E-state index in [-0.39, 0.29) is 0 Å². The molecule has 134 valence electrons. The fraction of sp³-hybridized carbons (Fsp3) is 0.765. The second kappa shape index (κ2) is 7.45. The van der Waals surface area contributed by atoms with Crippen LogP contribution in [0.4, 0.5) is 0 Å². The first kappa shape index (κ1) is 17.8. The topological polar surface area (TPSA) is 75.2 Å². The largest absolute Gasteiger partial charge is 0.313 e. The number of rotatable bonds is 5. The summed E-state index contributed by atoms with van der Waals surface area (Å²) < 4.78 is 24.6. The van der Waals surface area contributed by atoms with Crippen LogP contribution in [0, 0.1) is 6.92 Å². The van der Waals surface area contributed by atoms with Gasteiger partial charge in [0.1, 0.15) is 5.82 Å². The van der Waals surface area contributed by atoms with Crippen molar-refractivity contribution in [2.75, 3.05) is 25.9 Å². The molecule has 3 rings (SSSR count). The number of piperidine rings is 1. The normalized spacial score (nSPS) is 20.1. The van der Waals surface area contributed by atoms with E-state index in [9.17, 15) is 8.42 Å². The molecule has 1 fully saturated rings. The van der Waals surface area contributed by atoms with Crippen LogP contribution in [0.2, 0.25) is 0 Å². The summed E-state index contributed by atoms with van der Waals surface area (Å²) in [6, 6.07) is 0.390. The van der Waals surface area contributed by atoms with Gasteiger partial charge >= 0.3 is 0 Å². The molecule has 0 unspecified atom stereocenters. The van der Waals surface area contributed by atoms with Crippen molar-refractivity contribution in [1.29, 1.82) is 0 Å². The molecule has 0 spiro atoms. The Bertz CT molecular complexity index is 682. The zero-order valence-electron chi connectivity index (χ0n) is 14.7. The molecule has 1 aliphatic carbocycles.